The van der Waals surface area contributed by atoms with Gasteiger partial charge in [-0.3, -0.25) is 4.79 Å². The van der Waals surface area contributed by atoms with Crippen LogP contribution in [0.2, 0.25) is 0 Å². The van der Waals surface area contributed by atoms with Crippen LogP contribution in [0.5, 0.6) is 5.75 Å². The fourth-order valence-electron chi connectivity index (χ4n) is 2.78. The zero-order chi connectivity index (χ0) is 20.5. The number of carbonyl (C=O) groups excluding carboxylic acids is 1. The van der Waals surface area contributed by atoms with Crippen LogP contribution in [0.15, 0.2) is 36.4 Å². The molecular weight excluding hydrogens is 372 g/mol. The number of carboxylic acids is 1. The number of aromatic carboxylic acids is 1. The van der Waals surface area contributed by atoms with Gasteiger partial charge >= 0.3 is 11.9 Å². The molecule has 4 nitrogen and oxygen atoms in total. The van der Waals surface area contributed by atoms with Crippen molar-refractivity contribution in [3.05, 3.63) is 42.0 Å². The molecule has 0 spiro atoms. The van der Waals surface area contributed by atoms with Gasteiger partial charge in [-0.25, -0.2) is 4.79 Å². The number of carboxylic acid groups (broad SMARTS) is 1. The van der Waals surface area contributed by atoms with E-state index in [0.29, 0.717) is 0 Å². The number of unbranched alkanes of at least 4 members (excludes halogenated alkanes) is 8. The average molecular weight is 407 g/mol. The Kier molecular flexibility index (Phi) is 14.1. The van der Waals surface area contributed by atoms with Gasteiger partial charge in [-0.05, 0) is 50.0 Å². The molecular formula is C23H34O4S. The van der Waals surface area contributed by atoms with E-state index in [9.17, 15) is 9.59 Å². The number of hydrogen-bond acceptors (Lipinski definition) is 4. The zero-order valence-corrected chi connectivity index (χ0v) is 17.8. The lowest BCUT2D eigenvalue weighted by molar-refractivity contribution is -0.131. The summed E-state index contributed by atoms with van der Waals surface area (Å²) in [5, 5.41) is 9.09. The van der Waals surface area contributed by atoms with E-state index in [1.807, 2.05) is 0 Å². The highest BCUT2D eigenvalue weighted by Gasteiger charge is 2.13. The molecule has 156 valence electrons. The molecule has 0 saturated carbocycles. The van der Waals surface area contributed by atoms with Gasteiger partial charge in [0.25, 0.3) is 0 Å². The molecule has 1 aromatic carbocycles. The third-order valence-electron chi connectivity index (χ3n) is 4.36. The van der Waals surface area contributed by atoms with Gasteiger partial charge in [0.15, 0.2) is 0 Å². The maximum atomic E-state index is 11.9. The SMILES string of the molecule is CCCCCCC/C=C\CCCCCSCC(=O)Oc1ccccc1C(=O)O. The summed E-state index contributed by atoms with van der Waals surface area (Å²) in [6.07, 6.45) is 17.0. The van der Waals surface area contributed by atoms with Crippen molar-refractivity contribution in [2.45, 2.75) is 71.1 Å². The van der Waals surface area contributed by atoms with Crippen LogP contribution < -0.4 is 4.74 Å². The van der Waals surface area contributed by atoms with Crippen molar-refractivity contribution in [2.75, 3.05) is 11.5 Å². The van der Waals surface area contributed by atoms with Crippen molar-refractivity contribution < 1.29 is 19.4 Å². The molecule has 0 aliphatic rings. The molecule has 28 heavy (non-hydrogen) atoms. The first-order chi connectivity index (χ1) is 13.6. The van der Waals surface area contributed by atoms with Crippen LogP contribution in [0.4, 0.5) is 0 Å². The Balaban J connectivity index is 2.00. The minimum atomic E-state index is -1.10. The normalized spacial score (nSPS) is 11.0. The van der Waals surface area contributed by atoms with Gasteiger partial charge in [-0.15, -0.1) is 0 Å². The molecule has 0 aromatic heterocycles. The molecule has 0 fully saturated rings. The predicted molar refractivity (Wildman–Crippen MR) is 117 cm³/mol. The smallest absolute Gasteiger partial charge is 0.339 e. The van der Waals surface area contributed by atoms with E-state index in [2.05, 4.69) is 19.1 Å². The molecule has 0 unspecified atom stereocenters. The summed E-state index contributed by atoms with van der Waals surface area (Å²) in [4.78, 5) is 23.0. The number of carbonyl (C=O) groups is 2. The molecule has 0 amide bonds. The molecule has 5 heteroatoms. The Hall–Kier alpha value is -1.75. The van der Waals surface area contributed by atoms with Gasteiger partial charge in [-0.2, -0.15) is 11.8 Å². The van der Waals surface area contributed by atoms with E-state index in [4.69, 9.17) is 9.84 Å². The second-order valence-electron chi connectivity index (χ2n) is 6.85. The first-order valence-electron chi connectivity index (χ1n) is 10.4. The molecule has 0 heterocycles. The monoisotopic (exact) mass is 406 g/mol. The lowest BCUT2D eigenvalue weighted by Crippen LogP contribution is -2.13. The summed E-state index contributed by atoms with van der Waals surface area (Å²) >= 11 is 1.54. The molecule has 1 aromatic rings. The second-order valence-corrected chi connectivity index (χ2v) is 7.96. The molecule has 0 radical (unpaired) electrons. The minimum absolute atomic E-state index is 0.00913. The van der Waals surface area contributed by atoms with Gasteiger partial charge in [0.1, 0.15) is 11.3 Å². The summed E-state index contributed by atoms with van der Waals surface area (Å²) in [5.74, 6) is -0.234. The van der Waals surface area contributed by atoms with Crippen LogP contribution in [0.1, 0.15) is 81.5 Å². The summed E-state index contributed by atoms with van der Waals surface area (Å²) in [6, 6.07) is 6.20. The van der Waals surface area contributed by atoms with Crippen LogP contribution in [-0.4, -0.2) is 28.6 Å². The van der Waals surface area contributed by atoms with Crippen molar-refractivity contribution >= 4 is 23.7 Å². The lowest BCUT2D eigenvalue weighted by atomic mass is 10.1. The maximum absolute atomic E-state index is 11.9. The Morgan fingerprint density at radius 3 is 2.29 bits per heavy atom. The van der Waals surface area contributed by atoms with Crippen LogP contribution in [0, 0.1) is 0 Å². The number of para-hydroxylation sites is 1. The number of rotatable bonds is 16. The second kappa shape index (κ2) is 16.2. The van der Waals surface area contributed by atoms with E-state index < -0.39 is 11.9 Å². The topological polar surface area (TPSA) is 63.6 Å². The van der Waals surface area contributed by atoms with Crippen molar-refractivity contribution in [2.24, 2.45) is 0 Å². The third kappa shape index (κ3) is 11.9. The van der Waals surface area contributed by atoms with Crippen molar-refractivity contribution in [3.63, 3.8) is 0 Å². The molecule has 0 aliphatic carbocycles. The summed E-state index contributed by atoms with van der Waals surface area (Å²) in [7, 11) is 0. The van der Waals surface area contributed by atoms with Crippen LogP contribution >= 0.6 is 11.8 Å². The highest BCUT2D eigenvalue weighted by Crippen LogP contribution is 2.19. The van der Waals surface area contributed by atoms with Gasteiger partial charge in [0.05, 0.1) is 5.75 Å². The highest BCUT2D eigenvalue weighted by molar-refractivity contribution is 7.99. The number of hydrogen-bond donors (Lipinski definition) is 1. The van der Waals surface area contributed by atoms with Crippen LogP contribution in [0.25, 0.3) is 0 Å². The highest BCUT2D eigenvalue weighted by atomic mass is 32.2. The van der Waals surface area contributed by atoms with Gasteiger partial charge in [-0.1, -0.05) is 63.3 Å². The van der Waals surface area contributed by atoms with E-state index in [1.54, 1.807) is 12.1 Å². The Morgan fingerprint density at radius 2 is 1.61 bits per heavy atom. The fourth-order valence-corrected chi connectivity index (χ4v) is 3.56. The quantitative estimate of drug-likeness (QED) is 0.147. The number of thioether (sulfide) groups is 1. The van der Waals surface area contributed by atoms with Gasteiger partial charge in [0.2, 0.25) is 0 Å². The molecule has 0 atom stereocenters. The number of allylic oxidation sites excluding steroid dienone is 2. The fraction of sp³-hybridized carbons (Fsp3) is 0.565. The van der Waals surface area contributed by atoms with Gasteiger partial charge in [0, 0.05) is 0 Å². The predicted octanol–water partition coefficient (Wildman–Crippen LogP) is 6.50. The number of benzene rings is 1. The summed E-state index contributed by atoms with van der Waals surface area (Å²) in [5.41, 5.74) is 0.00913. The number of esters is 1. The largest absolute Gasteiger partial charge is 0.478 e. The minimum Gasteiger partial charge on any atom is -0.478 e. The third-order valence-corrected chi connectivity index (χ3v) is 5.38. The summed E-state index contributed by atoms with van der Waals surface area (Å²) in [6.45, 7) is 2.24. The lowest BCUT2D eigenvalue weighted by Gasteiger charge is -2.07. The van der Waals surface area contributed by atoms with Crippen LogP contribution in [0.3, 0.4) is 0 Å². The molecule has 0 bridgehead atoms. The molecule has 0 aliphatic heterocycles. The standard InChI is InChI=1S/C23H34O4S/c1-2-3-4-5-6-7-8-9-10-11-12-15-18-28-19-22(24)27-21-17-14-13-16-20(21)23(25)26/h8-9,13-14,16-17H,2-7,10-12,15,18-19H2,1H3,(H,25,26)/b9-8-. The van der Waals surface area contributed by atoms with Crippen LogP contribution in [-0.2, 0) is 4.79 Å². The van der Waals surface area contributed by atoms with Crippen molar-refractivity contribution in [1.82, 2.24) is 0 Å². The van der Waals surface area contributed by atoms with Crippen molar-refractivity contribution in [1.29, 1.82) is 0 Å². The first-order valence-corrected chi connectivity index (χ1v) is 11.6. The van der Waals surface area contributed by atoms with E-state index in [-0.39, 0.29) is 17.1 Å². The van der Waals surface area contributed by atoms with Gasteiger partial charge < -0.3 is 9.84 Å². The maximum Gasteiger partial charge on any atom is 0.339 e. The molecule has 1 N–H and O–H groups in total. The molecule has 0 saturated heterocycles. The van der Waals surface area contributed by atoms with Crippen molar-refractivity contribution in [3.8, 4) is 5.75 Å². The summed E-state index contributed by atoms with van der Waals surface area (Å²) < 4.78 is 5.17. The van der Waals surface area contributed by atoms with E-state index >= 15 is 0 Å². The Bertz CT molecular complexity index is 598. The van der Waals surface area contributed by atoms with E-state index in [0.717, 1.165) is 25.0 Å². The Morgan fingerprint density at radius 1 is 0.964 bits per heavy atom. The Labute approximate surface area is 173 Å². The first kappa shape index (κ1) is 24.3. The zero-order valence-electron chi connectivity index (χ0n) is 17.0. The van der Waals surface area contributed by atoms with E-state index in [1.165, 1.54) is 68.8 Å². The molecule has 1 rings (SSSR count). The number of ether oxygens (including phenoxy) is 1. The average Bonchev–Trinajstić information content (AvgIpc) is 2.68.